The predicted molar refractivity (Wildman–Crippen MR) is 216 cm³/mol. The molecule has 3 atom stereocenters. The SMILES string of the molecule is CCCCC/C=C\C/C=C\CCCCCCCC(=O)O[C@H](COC(=O)CCCCCCCCCCCCCCC)COP(=O)(O)OC[C@@H](O)COP(=O)(O)O. The van der Waals surface area contributed by atoms with E-state index < -0.39 is 59.6 Å². The number of esters is 2. The third-order valence-electron chi connectivity index (χ3n) is 8.83. The van der Waals surface area contributed by atoms with Crippen molar-refractivity contribution >= 4 is 27.6 Å². The van der Waals surface area contributed by atoms with Crippen molar-refractivity contribution in [2.75, 3.05) is 26.4 Å². The largest absolute Gasteiger partial charge is 0.472 e. The Kier molecular flexibility index (Phi) is 36.0. The van der Waals surface area contributed by atoms with Crippen LogP contribution < -0.4 is 0 Å². The summed E-state index contributed by atoms with van der Waals surface area (Å²) < 4.78 is 47.7. The minimum atomic E-state index is -4.86. The van der Waals surface area contributed by atoms with Crippen LogP contribution in [-0.4, -0.2) is 70.4 Å². The zero-order valence-corrected chi connectivity index (χ0v) is 35.8. The average Bonchev–Trinajstić information content (AvgIpc) is 3.14. The Morgan fingerprint density at radius 3 is 1.47 bits per heavy atom. The Hall–Kier alpha value is -1.40. The van der Waals surface area contributed by atoms with Crippen molar-refractivity contribution in [3.05, 3.63) is 24.3 Å². The number of hydrogen-bond donors (Lipinski definition) is 4. The number of aliphatic hydroxyl groups excluding tert-OH is 1. The van der Waals surface area contributed by atoms with Crippen LogP contribution in [-0.2, 0) is 41.8 Å². The lowest BCUT2D eigenvalue weighted by atomic mass is 10.0. The van der Waals surface area contributed by atoms with Gasteiger partial charge in [-0.05, 0) is 44.9 Å². The van der Waals surface area contributed by atoms with Gasteiger partial charge in [0.2, 0.25) is 0 Å². The number of carbonyl (C=O) groups is 2. The molecule has 324 valence electrons. The van der Waals surface area contributed by atoms with Crippen LogP contribution >= 0.6 is 15.6 Å². The van der Waals surface area contributed by atoms with Crippen LogP contribution in [0.25, 0.3) is 0 Å². The van der Waals surface area contributed by atoms with Gasteiger partial charge in [0.25, 0.3) is 0 Å². The number of allylic oxidation sites excluding steroid dienone is 4. The van der Waals surface area contributed by atoms with Gasteiger partial charge in [-0.15, -0.1) is 0 Å². The maximum atomic E-state index is 12.6. The minimum absolute atomic E-state index is 0.118. The van der Waals surface area contributed by atoms with Crippen molar-refractivity contribution < 1.29 is 61.6 Å². The second-order valence-electron chi connectivity index (χ2n) is 14.3. The summed E-state index contributed by atoms with van der Waals surface area (Å²) in [6.07, 6.45) is 33.1. The van der Waals surface area contributed by atoms with Gasteiger partial charge in [-0.3, -0.25) is 23.2 Å². The quantitative estimate of drug-likeness (QED) is 0.0197. The molecule has 55 heavy (non-hydrogen) atoms. The third kappa shape index (κ3) is 40.6. The Bertz CT molecular complexity index is 1080. The summed E-state index contributed by atoms with van der Waals surface area (Å²) in [6, 6.07) is 0. The van der Waals surface area contributed by atoms with Gasteiger partial charge in [-0.25, -0.2) is 9.13 Å². The molecule has 0 heterocycles. The highest BCUT2D eigenvalue weighted by atomic mass is 31.2. The molecule has 13 nitrogen and oxygen atoms in total. The standard InChI is InChI=1S/C40H76O13P2/c1-3-5-7-9-11-13-15-17-18-20-22-24-26-28-30-32-40(43)53-38(36-52-55(47,48)51-34-37(41)33-50-54(44,45)46)35-49-39(42)31-29-27-25-23-21-19-16-14-12-10-8-6-4-2/h11,13,17-18,37-38,41H,3-10,12,14-16,19-36H2,1-2H3,(H,47,48)(H2,44,45,46)/b13-11-,18-17-/t37-,38+/m0/s1. The second-order valence-corrected chi connectivity index (χ2v) is 17.0. The summed E-state index contributed by atoms with van der Waals surface area (Å²) in [7, 11) is -9.66. The number of rotatable bonds is 40. The normalized spacial score (nSPS) is 14.4. The molecule has 0 spiro atoms. The number of hydrogen-bond acceptors (Lipinski definition) is 10. The van der Waals surface area contributed by atoms with Gasteiger partial charge in [-0.2, -0.15) is 0 Å². The van der Waals surface area contributed by atoms with Crippen LogP contribution in [0.3, 0.4) is 0 Å². The molecule has 0 saturated carbocycles. The Morgan fingerprint density at radius 1 is 0.527 bits per heavy atom. The first kappa shape index (κ1) is 53.6. The molecular formula is C40H76O13P2. The summed E-state index contributed by atoms with van der Waals surface area (Å²) in [6.45, 7) is 1.72. The van der Waals surface area contributed by atoms with Crippen molar-refractivity contribution in [3.8, 4) is 0 Å². The zero-order valence-electron chi connectivity index (χ0n) is 34.0. The Balaban J connectivity index is 4.55. The molecule has 1 unspecified atom stereocenters. The van der Waals surface area contributed by atoms with E-state index in [-0.39, 0.29) is 19.4 Å². The fourth-order valence-corrected chi connectivity index (χ4v) is 6.77. The average molecular weight is 827 g/mol. The van der Waals surface area contributed by atoms with Gasteiger partial charge in [0.05, 0.1) is 19.8 Å². The van der Waals surface area contributed by atoms with E-state index in [1.165, 1.54) is 77.0 Å². The lowest BCUT2D eigenvalue weighted by Crippen LogP contribution is -2.30. The lowest BCUT2D eigenvalue weighted by molar-refractivity contribution is -0.161. The predicted octanol–water partition coefficient (Wildman–Crippen LogP) is 10.3. The first-order valence-electron chi connectivity index (χ1n) is 21.0. The van der Waals surface area contributed by atoms with Crippen LogP contribution in [0, 0.1) is 0 Å². The van der Waals surface area contributed by atoms with Crippen LogP contribution in [0.15, 0.2) is 24.3 Å². The van der Waals surface area contributed by atoms with Crippen LogP contribution in [0.1, 0.15) is 181 Å². The van der Waals surface area contributed by atoms with Gasteiger partial charge in [-0.1, -0.05) is 147 Å². The molecule has 0 aliphatic rings. The highest BCUT2D eigenvalue weighted by Crippen LogP contribution is 2.43. The summed E-state index contributed by atoms with van der Waals surface area (Å²) in [5, 5.41) is 9.73. The van der Waals surface area contributed by atoms with Gasteiger partial charge in [0.15, 0.2) is 6.10 Å². The van der Waals surface area contributed by atoms with Gasteiger partial charge in [0.1, 0.15) is 12.7 Å². The lowest BCUT2D eigenvalue weighted by Gasteiger charge is -2.20. The molecule has 0 aromatic carbocycles. The van der Waals surface area contributed by atoms with E-state index in [0.29, 0.717) is 12.8 Å². The number of unbranched alkanes of at least 4 members (excludes halogenated alkanes) is 20. The van der Waals surface area contributed by atoms with E-state index in [4.69, 9.17) is 23.8 Å². The highest BCUT2D eigenvalue weighted by molar-refractivity contribution is 7.47. The molecule has 0 aliphatic heterocycles. The van der Waals surface area contributed by atoms with Gasteiger partial charge in [0, 0.05) is 12.8 Å². The van der Waals surface area contributed by atoms with Gasteiger partial charge < -0.3 is 29.3 Å². The van der Waals surface area contributed by atoms with Crippen LogP contribution in [0.4, 0.5) is 0 Å². The molecular weight excluding hydrogens is 750 g/mol. The van der Waals surface area contributed by atoms with Gasteiger partial charge >= 0.3 is 27.6 Å². The Morgan fingerprint density at radius 2 is 0.945 bits per heavy atom. The number of ether oxygens (including phenoxy) is 2. The molecule has 0 rings (SSSR count). The monoisotopic (exact) mass is 826 g/mol. The topological polar surface area (TPSA) is 195 Å². The molecule has 0 fully saturated rings. The maximum Gasteiger partial charge on any atom is 0.472 e. The molecule has 15 heteroatoms. The summed E-state index contributed by atoms with van der Waals surface area (Å²) in [4.78, 5) is 52.6. The molecule has 0 radical (unpaired) electrons. The minimum Gasteiger partial charge on any atom is -0.462 e. The fraction of sp³-hybridized carbons (Fsp3) is 0.850. The number of carbonyl (C=O) groups excluding carboxylic acids is 2. The molecule has 0 aromatic rings. The maximum absolute atomic E-state index is 12.6. The van der Waals surface area contributed by atoms with E-state index in [0.717, 1.165) is 64.2 Å². The molecule has 0 saturated heterocycles. The fourth-order valence-electron chi connectivity index (χ4n) is 5.61. The smallest absolute Gasteiger partial charge is 0.462 e. The second kappa shape index (κ2) is 36.9. The van der Waals surface area contributed by atoms with Crippen LogP contribution in [0.5, 0.6) is 0 Å². The number of aliphatic hydroxyl groups is 1. The summed E-state index contributed by atoms with van der Waals surface area (Å²) >= 11 is 0. The Labute approximate surface area is 332 Å². The molecule has 4 N–H and O–H groups in total. The van der Waals surface area contributed by atoms with E-state index >= 15 is 0 Å². The number of phosphoric ester groups is 2. The van der Waals surface area contributed by atoms with Crippen molar-refractivity contribution in [2.24, 2.45) is 0 Å². The molecule has 0 bridgehead atoms. The molecule has 0 amide bonds. The van der Waals surface area contributed by atoms with E-state index in [1.54, 1.807) is 0 Å². The molecule has 0 aliphatic carbocycles. The van der Waals surface area contributed by atoms with Crippen LogP contribution in [0.2, 0.25) is 0 Å². The van der Waals surface area contributed by atoms with E-state index in [1.807, 2.05) is 0 Å². The third-order valence-corrected chi connectivity index (χ3v) is 10.3. The first-order chi connectivity index (χ1) is 26.4. The number of phosphoric acid groups is 2. The van der Waals surface area contributed by atoms with E-state index in [2.05, 4.69) is 47.2 Å². The zero-order chi connectivity index (χ0) is 40.9. The summed E-state index contributed by atoms with van der Waals surface area (Å²) in [5.41, 5.74) is 0. The summed E-state index contributed by atoms with van der Waals surface area (Å²) in [5.74, 6) is -1.04. The van der Waals surface area contributed by atoms with E-state index in [9.17, 15) is 28.7 Å². The van der Waals surface area contributed by atoms with Crippen molar-refractivity contribution in [1.29, 1.82) is 0 Å². The van der Waals surface area contributed by atoms with Crippen molar-refractivity contribution in [2.45, 2.75) is 193 Å². The molecule has 0 aromatic heterocycles. The highest BCUT2D eigenvalue weighted by Gasteiger charge is 2.28. The van der Waals surface area contributed by atoms with Crippen molar-refractivity contribution in [1.82, 2.24) is 0 Å². The first-order valence-corrected chi connectivity index (χ1v) is 24.1. The van der Waals surface area contributed by atoms with Crippen molar-refractivity contribution in [3.63, 3.8) is 0 Å².